The second-order valence-corrected chi connectivity index (χ2v) is 8.33. The molecule has 1 amide bonds. The summed E-state index contributed by atoms with van der Waals surface area (Å²) < 4.78 is 6.80. The third-order valence-electron chi connectivity index (χ3n) is 5.46. The first-order valence-corrected chi connectivity index (χ1v) is 10.8. The van der Waals surface area contributed by atoms with Crippen molar-refractivity contribution in [2.45, 2.75) is 25.8 Å². The molecule has 2 fully saturated rings. The van der Waals surface area contributed by atoms with Crippen LogP contribution in [0.4, 0.5) is 0 Å². The first-order chi connectivity index (χ1) is 13.7. The van der Waals surface area contributed by atoms with Crippen molar-refractivity contribution in [3.05, 3.63) is 34.6 Å². The summed E-state index contributed by atoms with van der Waals surface area (Å²) in [5.74, 6) is 1.44. The number of nitrogens with zero attached hydrogens (tertiary/aromatic N) is 5. The van der Waals surface area contributed by atoms with Gasteiger partial charge >= 0.3 is 0 Å². The van der Waals surface area contributed by atoms with E-state index in [1.165, 1.54) is 6.42 Å². The molecule has 0 spiro atoms. The molecule has 0 bridgehead atoms. The highest BCUT2D eigenvalue weighted by Gasteiger charge is 2.23. The van der Waals surface area contributed by atoms with Crippen LogP contribution in [0.3, 0.4) is 0 Å². The summed E-state index contributed by atoms with van der Waals surface area (Å²) in [6, 6.07) is 7.83. The van der Waals surface area contributed by atoms with E-state index in [0.29, 0.717) is 24.9 Å². The molecule has 0 unspecified atom stereocenters. The van der Waals surface area contributed by atoms with E-state index in [-0.39, 0.29) is 5.91 Å². The fraction of sp³-hybridized carbons (Fsp3) is 0.550. The lowest BCUT2D eigenvalue weighted by molar-refractivity contribution is -0.133. The summed E-state index contributed by atoms with van der Waals surface area (Å²) in [5, 5.41) is 8.39. The van der Waals surface area contributed by atoms with Crippen LogP contribution in [0.2, 0.25) is 0 Å². The van der Waals surface area contributed by atoms with Crippen LogP contribution in [0, 0.1) is 0 Å². The highest BCUT2D eigenvalue weighted by molar-refractivity contribution is 9.10. The molecule has 2 aliphatic rings. The summed E-state index contributed by atoms with van der Waals surface area (Å²) in [6.07, 6.45) is 3.54. The number of piperidine rings is 1. The predicted molar refractivity (Wildman–Crippen MR) is 110 cm³/mol. The third kappa shape index (κ3) is 4.79. The van der Waals surface area contributed by atoms with E-state index < -0.39 is 0 Å². The van der Waals surface area contributed by atoms with Gasteiger partial charge in [0.1, 0.15) is 0 Å². The zero-order chi connectivity index (χ0) is 19.3. The zero-order valence-electron chi connectivity index (χ0n) is 16.0. The van der Waals surface area contributed by atoms with E-state index in [4.69, 9.17) is 4.42 Å². The lowest BCUT2D eigenvalue weighted by atomic mass is 10.1. The Morgan fingerprint density at radius 1 is 0.964 bits per heavy atom. The molecule has 2 aliphatic heterocycles. The van der Waals surface area contributed by atoms with Crippen molar-refractivity contribution < 1.29 is 9.21 Å². The SMILES string of the molecule is O=C(CN1CCN(Cc2nnc(-c3ccccc3Br)o2)CC1)N1CCCCC1. The highest BCUT2D eigenvalue weighted by Crippen LogP contribution is 2.26. The van der Waals surface area contributed by atoms with Crippen molar-refractivity contribution in [3.8, 4) is 11.5 Å². The summed E-state index contributed by atoms with van der Waals surface area (Å²) in [7, 11) is 0. The van der Waals surface area contributed by atoms with Gasteiger partial charge < -0.3 is 9.32 Å². The van der Waals surface area contributed by atoms with Crippen LogP contribution in [0.25, 0.3) is 11.5 Å². The first-order valence-electron chi connectivity index (χ1n) is 9.99. The van der Waals surface area contributed by atoms with E-state index >= 15 is 0 Å². The quantitative estimate of drug-likeness (QED) is 0.701. The van der Waals surface area contributed by atoms with Crippen LogP contribution >= 0.6 is 15.9 Å². The Kier molecular flexibility index (Phi) is 6.39. The maximum absolute atomic E-state index is 12.4. The second kappa shape index (κ2) is 9.15. The second-order valence-electron chi connectivity index (χ2n) is 7.47. The first kappa shape index (κ1) is 19.5. The molecule has 0 saturated carbocycles. The Morgan fingerprint density at radius 3 is 2.43 bits per heavy atom. The molecule has 0 N–H and O–H groups in total. The Labute approximate surface area is 173 Å². The Morgan fingerprint density at radius 2 is 1.68 bits per heavy atom. The lowest BCUT2D eigenvalue weighted by Gasteiger charge is -2.35. The van der Waals surface area contributed by atoms with Gasteiger partial charge in [-0.05, 0) is 47.3 Å². The number of halogens is 1. The van der Waals surface area contributed by atoms with Gasteiger partial charge in [0.15, 0.2) is 0 Å². The average molecular weight is 448 g/mol. The van der Waals surface area contributed by atoms with Crippen molar-refractivity contribution >= 4 is 21.8 Å². The standard InChI is InChI=1S/C20H26BrN5O2/c21-17-7-3-2-6-16(17)20-23-22-18(28-20)14-24-10-12-25(13-11-24)15-19(27)26-8-4-1-5-9-26/h2-3,6-7H,1,4-5,8-15H2. The molecule has 7 nitrogen and oxygen atoms in total. The summed E-state index contributed by atoms with van der Waals surface area (Å²) >= 11 is 3.52. The van der Waals surface area contributed by atoms with Crippen LogP contribution in [0.1, 0.15) is 25.2 Å². The molecule has 0 aliphatic carbocycles. The molecular formula is C20H26BrN5O2. The molecule has 4 rings (SSSR count). The predicted octanol–water partition coefficient (Wildman–Crippen LogP) is 2.63. The molecule has 150 valence electrons. The van der Waals surface area contributed by atoms with E-state index in [2.05, 4.69) is 35.9 Å². The van der Waals surface area contributed by atoms with Gasteiger partial charge in [-0.25, -0.2) is 0 Å². The molecule has 2 saturated heterocycles. The lowest BCUT2D eigenvalue weighted by Crippen LogP contribution is -2.50. The Bertz CT molecular complexity index is 797. The smallest absolute Gasteiger partial charge is 0.248 e. The van der Waals surface area contributed by atoms with Gasteiger partial charge in [-0.15, -0.1) is 10.2 Å². The van der Waals surface area contributed by atoms with E-state index in [1.54, 1.807) is 0 Å². The van der Waals surface area contributed by atoms with Gasteiger partial charge in [0.25, 0.3) is 0 Å². The molecule has 28 heavy (non-hydrogen) atoms. The largest absolute Gasteiger partial charge is 0.419 e. The van der Waals surface area contributed by atoms with Gasteiger partial charge in [-0.2, -0.15) is 0 Å². The highest BCUT2D eigenvalue weighted by atomic mass is 79.9. The number of hydrogen-bond acceptors (Lipinski definition) is 6. The van der Waals surface area contributed by atoms with E-state index in [0.717, 1.165) is 62.1 Å². The minimum atomic E-state index is 0.281. The fourth-order valence-electron chi connectivity index (χ4n) is 3.79. The molecule has 1 aromatic carbocycles. The van der Waals surface area contributed by atoms with Crippen LogP contribution in [-0.4, -0.2) is 76.6 Å². The number of carbonyl (C=O) groups is 1. The molecule has 2 aromatic rings. The summed E-state index contributed by atoms with van der Waals surface area (Å²) in [4.78, 5) is 19.0. The topological polar surface area (TPSA) is 65.7 Å². The van der Waals surface area contributed by atoms with Crippen molar-refractivity contribution in [1.82, 2.24) is 24.9 Å². The number of amides is 1. The molecule has 8 heteroatoms. The number of aromatic nitrogens is 2. The monoisotopic (exact) mass is 447 g/mol. The van der Waals surface area contributed by atoms with Crippen molar-refractivity contribution in [1.29, 1.82) is 0 Å². The number of hydrogen-bond donors (Lipinski definition) is 0. The van der Waals surface area contributed by atoms with Crippen LogP contribution in [0.15, 0.2) is 33.2 Å². The van der Waals surface area contributed by atoms with E-state index in [1.807, 2.05) is 29.2 Å². The minimum Gasteiger partial charge on any atom is -0.419 e. The molecular weight excluding hydrogens is 422 g/mol. The van der Waals surface area contributed by atoms with E-state index in [9.17, 15) is 4.79 Å². The number of piperazine rings is 1. The number of benzene rings is 1. The van der Waals surface area contributed by atoms with Crippen LogP contribution in [-0.2, 0) is 11.3 Å². The number of likely N-dealkylation sites (tertiary alicyclic amines) is 1. The Balaban J connectivity index is 1.26. The minimum absolute atomic E-state index is 0.281. The molecule has 1 aromatic heterocycles. The van der Waals surface area contributed by atoms with Gasteiger partial charge in [0.2, 0.25) is 17.7 Å². The normalized spacial score (nSPS) is 19.1. The third-order valence-corrected chi connectivity index (χ3v) is 6.15. The Hall–Kier alpha value is -1.77. The van der Waals surface area contributed by atoms with Crippen molar-refractivity contribution in [2.75, 3.05) is 45.8 Å². The molecule has 3 heterocycles. The fourth-order valence-corrected chi connectivity index (χ4v) is 4.25. The van der Waals surface area contributed by atoms with Crippen molar-refractivity contribution in [3.63, 3.8) is 0 Å². The zero-order valence-corrected chi connectivity index (χ0v) is 17.6. The molecule has 0 atom stereocenters. The van der Waals surface area contributed by atoms with Crippen molar-refractivity contribution in [2.24, 2.45) is 0 Å². The van der Waals surface area contributed by atoms with Crippen LogP contribution < -0.4 is 0 Å². The molecule has 0 radical (unpaired) electrons. The van der Waals surface area contributed by atoms with Gasteiger partial charge in [-0.3, -0.25) is 14.6 Å². The van der Waals surface area contributed by atoms with Crippen LogP contribution in [0.5, 0.6) is 0 Å². The maximum atomic E-state index is 12.4. The number of rotatable bonds is 5. The summed E-state index contributed by atoms with van der Waals surface area (Å²) in [5.41, 5.74) is 0.905. The summed E-state index contributed by atoms with van der Waals surface area (Å²) in [6.45, 7) is 6.63. The maximum Gasteiger partial charge on any atom is 0.248 e. The average Bonchev–Trinajstić information content (AvgIpc) is 3.18. The van der Waals surface area contributed by atoms with Gasteiger partial charge in [0, 0.05) is 43.7 Å². The van der Waals surface area contributed by atoms with Gasteiger partial charge in [0.05, 0.1) is 18.7 Å². The number of carbonyl (C=O) groups excluding carboxylic acids is 1. The van der Waals surface area contributed by atoms with Gasteiger partial charge in [-0.1, -0.05) is 12.1 Å².